The topological polar surface area (TPSA) is 98.6 Å². The molecule has 0 amide bonds. The number of non-ortho nitro benzene ring substituents is 1. The van der Waals surface area contributed by atoms with E-state index in [0.29, 0.717) is 5.56 Å². The van der Waals surface area contributed by atoms with Crippen molar-refractivity contribution in [2.75, 3.05) is 0 Å². The van der Waals surface area contributed by atoms with Gasteiger partial charge in [-0.15, -0.1) is 4.91 Å². The third-order valence-electron chi connectivity index (χ3n) is 1.54. The van der Waals surface area contributed by atoms with Gasteiger partial charge in [-0.2, -0.15) is 0 Å². The lowest BCUT2D eigenvalue weighted by Gasteiger charge is -2.01. The first-order valence-corrected chi connectivity index (χ1v) is 3.47. The Kier molecular flexibility index (Phi) is 2.65. The fraction of sp³-hybridized carbons (Fsp3) is 0.143. The fourth-order valence-electron chi connectivity index (χ4n) is 0.883. The van der Waals surface area contributed by atoms with Crippen molar-refractivity contribution in [3.05, 3.63) is 44.9 Å². The molecular formula is C7H7N3O3. The SMILES string of the molecule is N[C@@H](N=O)c1cccc([N+](=O)[O-])c1. The lowest BCUT2D eigenvalue weighted by molar-refractivity contribution is -0.384. The van der Waals surface area contributed by atoms with Crippen molar-refractivity contribution < 1.29 is 4.92 Å². The van der Waals surface area contributed by atoms with Gasteiger partial charge in [-0.05, 0) is 5.18 Å². The van der Waals surface area contributed by atoms with E-state index in [1.807, 2.05) is 0 Å². The molecule has 0 radical (unpaired) electrons. The Bertz CT molecular complexity index is 340. The average molecular weight is 181 g/mol. The van der Waals surface area contributed by atoms with Gasteiger partial charge in [0.05, 0.1) is 4.92 Å². The molecule has 0 bridgehead atoms. The molecular weight excluding hydrogens is 174 g/mol. The monoisotopic (exact) mass is 181 g/mol. The van der Waals surface area contributed by atoms with Crippen molar-refractivity contribution in [1.82, 2.24) is 0 Å². The molecule has 0 saturated heterocycles. The summed E-state index contributed by atoms with van der Waals surface area (Å²) in [5.41, 5.74) is 5.50. The average Bonchev–Trinajstić information content (AvgIpc) is 2.17. The quantitative estimate of drug-likeness (QED) is 0.431. The van der Waals surface area contributed by atoms with E-state index >= 15 is 0 Å². The lowest BCUT2D eigenvalue weighted by Crippen LogP contribution is -2.06. The molecule has 0 heterocycles. The highest BCUT2D eigenvalue weighted by Crippen LogP contribution is 2.17. The second-order valence-corrected chi connectivity index (χ2v) is 2.40. The van der Waals surface area contributed by atoms with Crippen LogP contribution in [-0.2, 0) is 0 Å². The molecule has 6 nitrogen and oxygen atoms in total. The zero-order valence-electron chi connectivity index (χ0n) is 6.58. The molecule has 0 aromatic heterocycles. The molecule has 0 aliphatic rings. The van der Waals surface area contributed by atoms with Gasteiger partial charge in [0.15, 0.2) is 6.17 Å². The first kappa shape index (κ1) is 9.27. The minimum atomic E-state index is -1.04. The predicted molar refractivity (Wildman–Crippen MR) is 45.8 cm³/mol. The summed E-state index contributed by atoms with van der Waals surface area (Å²) in [6.45, 7) is 0. The Morgan fingerprint density at radius 2 is 2.23 bits per heavy atom. The number of hydrogen-bond donors (Lipinski definition) is 1. The summed E-state index contributed by atoms with van der Waals surface area (Å²) >= 11 is 0. The zero-order valence-corrected chi connectivity index (χ0v) is 6.58. The molecule has 1 aromatic carbocycles. The number of nitro benzene ring substituents is 1. The van der Waals surface area contributed by atoms with Crippen LogP contribution < -0.4 is 5.73 Å². The second kappa shape index (κ2) is 3.72. The molecule has 0 saturated carbocycles. The van der Waals surface area contributed by atoms with Crippen molar-refractivity contribution in [3.63, 3.8) is 0 Å². The Morgan fingerprint density at radius 3 is 2.77 bits per heavy atom. The maximum absolute atomic E-state index is 10.3. The van der Waals surface area contributed by atoms with Crippen LogP contribution in [0.5, 0.6) is 0 Å². The first-order chi connectivity index (χ1) is 6.15. The van der Waals surface area contributed by atoms with Crippen molar-refractivity contribution in [1.29, 1.82) is 0 Å². The molecule has 0 aliphatic heterocycles. The van der Waals surface area contributed by atoms with Crippen LogP contribution in [-0.4, -0.2) is 4.92 Å². The van der Waals surface area contributed by atoms with E-state index in [-0.39, 0.29) is 5.69 Å². The van der Waals surface area contributed by atoms with Gasteiger partial charge in [0, 0.05) is 17.7 Å². The summed E-state index contributed by atoms with van der Waals surface area (Å²) in [4.78, 5) is 19.8. The first-order valence-electron chi connectivity index (χ1n) is 3.47. The lowest BCUT2D eigenvalue weighted by atomic mass is 10.1. The van der Waals surface area contributed by atoms with Crippen LogP contribution in [0.3, 0.4) is 0 Å². The molecule has 0 aliphatic carbocycles. The van der Waals surface area contributed by atoms with Gasteiger partial charge >= 0.3 is 0 Å². The maximum Gasteiger partial charge on any atom is 0.269 e. The number of nitro groups is 1. The Balaban J connectivity index is 3.04. The van der Waals surface area contributed by atoms with Gasteiger partial charge < -0.3 is 5.73 Å². The smallest absolute Gasteiger partial charge is 0.269 e. The van der Waals surface area contributed by atoms with Gasteiger partial charge in [0.25, 0.3) is 5.69 Å². The molecule has 6 heteroatoms. The number of nitroso groups, excluding NO2 is 1. The molecule has 1 rings (SSSR count). The van der Waals surface area contributed by atoms with Crippen molar-refractivity contribution >= 4 is 5.69 Å². The second-order valence-electron chi connectivity index (χ2n) is 2.40. The largest absolute Gasteiger partial charge is 0.303 e. The van der Waals surface area contributed by atoms with E-state index in [1.165, 1.54) is 24.3 Å². The fourth-order valence-corrected chi connectivity index (χ4v) is 0.883. The number of hydrogen-bond acceptors (Lipinski definition) is 5. The maximum atomic E-state index is 10.3. The van der Waals surface area contributed by atoms with Crippen LogP contribution in [0.2, 0.25) is 0 Å². The minimum absolute atomic E-state index is 0.100. The highest BCUT2D eigenvalue weighted by molar-refractivity contribution is 5.35. The molecule has 13 heavy (non-hydrogen) atoms. The Hall–Kier alpha value is -1.82. The zero-order chi connectivity index (χ0) is 9.84. The standard InChI is InChI=1S/C7H7N3O3/c8-7(9-11)5-2-1-3-6(4-5)10(12)13/h1-4,7H,8H2/t7-/m0/s1. The van der Waals surface area contributed by atoms with Gasteiger partial charge in [-0.1, -0.05) is 12.1 Å². The number of benzene rings is 1. The Labute approximate surface area is 73.5 Å². The van der Waals surface area contributed by atoms with E-state index < -0.39 is 11.1 Å². The molecule has 0 spiro atoms. The van der Waals surface area contributed by atoms with Crippen molar-refractivity contribution in [3.8, 4) is 0 Å². The van der Waals surface area contributed by atoms with Crippen molar-refractivity contribution in [2.45, 2.75) is 6.17 Å². The van der Waals surface area contributed by atoms with Crippen LogP contribution in [0, 0.1) is 15.0 Å². The Morgan fingerprint density at radius 1 is 1.54 bits per heavy atom. The van der Waals surface area contributed by atoms with Gasteiger partial charge in [-0.25, -0.2) is 0 Å². The number of rotatable bonds is 3. The normalized spacial score (nSPS) is 12.1. The van der Waals surface area contributed by atoms with Gasteiger partial charge in [0.2, 0.25) is 0 Å². The number of nitrogens with two attached hydrogens (primary N) is 1. The minimum Gasteiger partial charge on any atom is -0.303 e. The molecule has 0 fully saturated rings. The summed E-state index contributed by atoms with van der Waals surface area (Å²) in [5.74, 6) is 0. The predicted octanol–water partition coefficient (Wildman–Crippen LogP) is 1.32. The van der Waals surface area contributed by atoms with Crippen LogP contribution in [0.1, 0.15) is 11.7 Å². The third kappa shape index (κ3) is 2.06. The van der Waals surface area contributed by atoms with Crippen molar-refractivity contribution in [2.24, 2.45) is 10.9 Å². The summed E-state index contributed by atoms with van der Waals surface area (Å²) in [6, 6.07) is 5.52. The molecule has 1 aromatic rings. The summed E-state index contributed by atoms with van der Waals surface area (Å²) < 4.78 is 0. The number of nitrogens with zero attached hydrogens (tertiary/aromatic N) is 2. The molecule has 68 valence electrons. The highest BCUT2D eigenvalue weighted by atomic mass is 16.6. The van der Waals surface area contributed by atoms with E-state index in [2.05, 4.69) is 5.18 Å². The van der Waals surface area contributed by atoms with Crippen LogP contribution in [0.15, 0.2) is 29.4 Å². The highest BCUT2D eigenvalue weighted by Gasteiger charge is 2.10. The third-order valence-corrected chi connectivity index (χ3v) is 1.54. The molecule has 2 N–H and O–H groups in total. The summed E-state index contributed by atoms with van der Waals surface area (Å²) in [6.07, 6.45) is -1.04. The summed E-state index contributed by atoms with van der Waals surface area (Å²) in [5, 5.41) is 12.9. The summed E-state index contributed by atoms with van der Waals surface area (Å²) in [7, 11) is 0. The van der Waals surface area contributed by atoms with E-state index in [1.54, 1.807) is 0 Å². The molecule has 1 atom stereocenters. The van der Waals surface area contributed by atoms with Crippen LogP contribution >= 0.6 is 0 Å². The van der Waals surface area contributed by atoms with E-state index in [4.69, 9.17) is 5.73 Å². The van der Waals surface area contributed by atoms with Gasteiger partial charge in [0.1, 0.15) is 0 Å². The van der Waals surface area contributed by atoms with Gasteiger partial charge in [-0.3, -0.25) is 10.1 Å². The van der Waals surface area contributed by atoms with E-state index in [9.17, 15) is 15.0 Å². The van der Waals surface area contributed by atoms with Crippen LogP contribution in [0.4, 0.5) is 5.69 Å². The van der Waals surface area contributed by atoms with Crippen LogP contribution in [0.25, 0.3) is 0 Å². The van der Waals surface area contributed by atoms with E-state index in [0.717, 1.165) is 0 Å². The molecule has 0 unspecified atom stereocenters.